The second-order valence-corrected chi connectivity index (χ2v) is 16.3. The van der Waals surface area contributed by atoms with E-state index in [0.29, 0.717) is 12.8 Å². The number of carbonyl (C=O) groups excluding carboxylic acids is 2. The van der Waals surface area contributed by atoms with Gasteiger partial charge < -0.3 is 25.2 Å². The van der Waals surface area contributed by atoms with Crippen molar-refractivity contribution in [3.8, 4) is 0 Å². The fraction of sp³-hybridized carbons (Fsp3) is 0.717. The van der Waals surface area contributed by atoms with Crippen LogP contribution in [0.15, 0.2) is 60.8 Å². The van der Waals surface area contributed by atoms with E-state index in [9.17, 15) is 23.8 Å². The van der Waals surface area contributed by atoms with Crippen LogP contribution in [0.4, 0.5) is 0 Å². The van der Waals surface area contributed by atoms with Gasteiger partial charge in [-0.2, -0.15) is 0 Å². The zero-order chi connectivity index (χ0) is 42.8. The van der Waals surface area contributed by atoms with Crippen LogP contribution >= 0.6 is 7.82 Å². The highest BCUT2D eigenvalue weighted by Gasteiger charge is 2.28. The molecule has 11 nitrogen and oxygen atoms in total. The molecule has 58 heavy (non-hydrogen) atoms. The third-order valence-corrected chi connectivity index (χ3v) is 10.2. The number of unbranched alkanes of at least 4 members (excludes halogenated alkanes) is 17. The van der Waals surface area contributed by atoms with Gasteiger partial charge in [0.1, 0.15) is 12.6 Å². The molecule has 1 unspecified atom stereocenters. The maximum absolute atomic E-state index is 12.6. The lowest BCUT2D eigenvalue weighted by atomic mass is 10.1. The lowest BCUT2D eigenvalue weighted by Crippen LogP contribution is -2.34. The average Bonchev–Trinajstić information content (AvgIpc) is 3.20. The van der Waals surface area contributed by atoms with Gasteiger partial charge in [0, 0.05) is 12.8 Å². The number of ether oxygens (including phenoxy) is 2. The molecule has 0 rings (SSSR count). The summed E-state index contributed by atoms with van der Waals surface area (Å²) in [6.45, 7) is 2.71. The minimum atomic E-state index is -4.73. The maximum atomic E-state index is 12.6. The summed E-state index contributed by atoms with van der Waals surface area (Å²) in [7, 11) is -4.73. The minimum absolute atomic E-state index is 0.145. The molecule has 334 valence electrons. The summed E-state index contributed by atoms with van der Waals surface area (Å²) in [5.41, 5.74) is 5.33. The van der Waals surface area contributed by atoms with Crippen molar-refractivity contribution in [1.82, 2.24) is 0 Å². The Bertz CT molecular complexity index is 1210. The molecule has 0 aliphatic carbocycles. The van der Waals surface area contributed by atoms with Crippen LogP contribution in [0, 0.1) is 0 Å². The van der Waals surface area contributed by atoms with Crippen LogP contribution in [0.2, 0.25) is 0 Å². The fourth-order valence-corrected chi connectivity index (χ4v) is 6.47. The SMILES string of the molecule is CCCCC/C=C/C/C=C/C/C=C/CCCCCCC(=O)OC[C@H](COP(=O)(O)OC[C@H](N)C(=O)O)OC(=O)CCCCCCCCC/C=C/C/C=C/CCCCC. The Hall–Kier alpha value is -2.82. The van der Waals surface area contributed by atoms with Crippen LogP contribution in [-0.4, -0.2) is 59.9 Å². The highest BCUT2D eigenvalue weighted by molar-refractivity contribution is 7.47. The van der Waals surface area contributed by atoms with Crippen LogP contribution in [0.3, 0.4) is 0 Å². The van der Waals surface area contributed by atoms with E-state index in [0.717, 1.165) is 83.5 Å². The molecule has 0 saturated heterocycles. The monoisotopic (exact) mass is 838 g/mol. The quantitative estimate of drug-likeness (QED) is 0.0231. The predicted octanol–water partition coefficient (Wildman–Crippen LogP) is 12.0. The Morgan fingerprint density at radius 3 is 1.36 bits per heavy atom. The predicted molar refractivity (Wildman–Crippen MR) is 235 cm³/mol. The summed E-state index contributed by atoms with van der Waals surface area (Å²) in [6, 6.07) is -1.53. The average molecular weight is 838 g/mol. The van der Waals surface area contributed by atoms with Gasteiger partial charge in [0.25, 0.3) is 0 Å². The molecule has 12 heteroatoms. The molecule has 0 spiro atoms. The Morgan fingerprint density at radius 2 is 0.914 bits per heavy atom. The van der Waals surface area contributed by atoms with E-state index >= 15 is 0 Å². The smallest absolute Gasteiger partial charge is 0.472 e. The third kappa shape index (κ3) is 40.0. The topological polar surface area (TPSA) is 172 Å². The van der Waals surface area contributed by atoms with Gasteiger partial charge in [0.15, 0.2) is 6.10 Å². The van der Waals surface area contributed by atoms with Crippen LogP contribution in [-0.2, 0) is 37.5 Å². The number of esters is 2. The zero-order valence-corrected chi connectivity index (χ0v) is 37.0. The first-order valence-corrected chi connectivity index (χ1v) is 23.8. The molecule has 0 aromatic heterocycles. The second-order valence-electron chi connectivity index (χ2n) is 14.8. The number of allylic oxidation sites excluding steroid dienone is 10. The number of phosphoric ester groups is 1. The van der Waals surface area contributed by atoms with Crippen LogP contribution in [0.5, 0.6) is 0 Å². The molecule has 0 aromatic rings. The number of rotatable bonds is 41. The number of hydrogen-bond acceptors (Lipinski definition) is 9. The van der Waals surface area contributed by atoms with Gasteiger partial charge in [-0.25, -0.2) is 4.57 Å². The van der Waals surface area contributed by atoms with Crippen molar-refractivity contribution in [3.05, 3.63) is 60.8 Å². The van der Waals surface area contributed by atoms with E-state index in [1.165, 1.54) is 57.8 Å². The molecule has 0 aromatic carbocycles. The highest BCUT2D eigenvalue weighted by atomic mass is 31.2. The summed E-state index contributed by atoms with van der Waals surface area (Å²) in [5, 5.41) is 8.89. The first-order valence-electron chi connectivity index (χ1n) is 22.3. The van der Waals surface area contributed by atoms with Crippen molar-refractivity contribution in [3.63, 3.8) is 0 Å². The molecule has 0 amide bonds. The molecule has 4 N–H and O–H groups in total. The summed E-state index contributed by atoms with van der Waals surface area (Å²) < 4.78 is 32.7. The van der Waals surface area contributed by atoms with Crippen LogP contribution < -0.4 is 5.73 Å². The molecule has 0 aliphatic rings. The number of carbonyl (C=O) groups is 3. The molecule has 3 atom stereocenters. The Labute approximate surface area is 351 Å². The third-order valence-electron chi connectivity index (χ3n) is 9.24. The van der Waals surface area contributed by atoms with Crippen molar-refractivity contribution >= 4 is 25.7 Å². The number of aliphatic carboxylic acids is 1. The van der Waals surface area contributed by atoms with Gasteiger partial charge in [-0.3, -0.25) is 23.4 Å². The number of carboxylic acid groups (broad SMARTS) is 1. The number of phosphoric acid groups is 1. The Balaban J connectivity index is 4.41. The van der Waals surface area contributed by atoms with Crippen molar-refractivity contribution in [2.24, 2.45) is 5.73 Å². The normalized spacial score (nSPS) is 14.3. The first-order chi connectivity index (χ1) is 28.1. The summed E-state index contributed by atoms with van der Waals surface area (Å²) in [5.74, 6) is -2.42. The summed E-state index contributed by atoms with van der Waals surface area (Å²) >= 11 is 0. The van der Waals surface area contributed by atoms with E-state index < -0.39 is 51.1 Å². The van der Waals surface area contributed by atoms with E-state index in [-0.39, 0.29) is 19.4 Å². The molecular formula is C46H80NO10P. The van der Waals surface area contributed by atoms with Gasteiger partial charge in [-0.1, -0.05) is 145 Å². The Morgan fingerprint density at radius 1 is 0.534 bits per heavy atom. The summed E-state index contributed by atoms with van der Waals surface area (Å²) in [4.78, 5) is 46.0. The first kappa shape index (κ1) is 55.2. The standard InChI is InChI=1S/C46H80NO10P/c1-3-5-7-9-11-13-15-17-19-21-23-25-27-29-31-33-35-37-44(48)54-39-42(40-55-58(52,53)56-41-43(47)46(50)51)57-45(49)38-36-34-32-30-28-26-24-22-20-18-16-14-12-10-8-6-4-2/h11-14,17-20,23,25,42-43H,3-10,15-16,21-22,24,26-41,47H2,1-2H3,(H,50,51)(H,52,53)/b13-11+,14-12+,19-17+,20-18+,25-23+/t42-,43+/m1/s1. The number of hydrogen-bond donors (Lipinski definition) is 3. The van der Waals surface area contributed by atoms with Crippen LogP contribution in [0.1, 0.15) is 181 Å². The van der Waals surface area contributed by atoms with Crippen molar-refractivity contribution < 1.29 is 47.5 Å². The van der Waals surface area contributed by atoms with Gasteiger partial charge in [0.2, 0.25) is 0 Å². The molecule has 0 heterocycles. The van der Waals surface area contributed by atoms with Crippen molar-refractivity contribution in [1.29, 1.82) is 0 Å². The van der Waals surface area contributed by atoms with E-state index in [2.05, 4.69) is 79.1 Å². The van der Waals surface area contributed by atoms with E-state index in [4.69, 9.17) is 24.8 Å². The van der Waals surface area contributed by atoms with Gasteiger partial charge in [-0.05, 0) is 83.5 Å². The number of carboxylic acids is 1. The molecule has 0 saturated carbocycles. The van der Waals surface area contributed by atoms with E-state index in [1.807, 2.05) is 0 Å². The van der Waals surface area contributed by atoms with Crippen LogP contribution in [0.25, 0.3) is 0 Å². The largest absolute Gasteiger partial charge is 0.480 e. The molecule has 0 aliphatic heterocycles. The van der Waals surface area contributed by atoms with Crippen molar-refractivity contribution in [2.75, 3.05) is 19.8 Å². The fourth-order valence-electron chi connectivity index (χ4n) is 5.69. The molecule has 0 radical (unpaired) electrons. The maximum Gasteiger partial charge on any atom is 0.472 e. The lowest BCUT2D eigenvalue weighted by molar-refractivity contribution is -0.161. The van der Waals surface area contributed by atoms with Gasteiger partial charge >= 0.3 is 25.7 Å². The van der Waals surface area contributed by atoms with Gasteiger partial charge in [0.05, 0.1) is 13.2 Å². The summed E-state index contributed by atoms with van der Waals surface area (Å²) in [6.07, 6.45) is 47.0. The van der Waals surface area contributed by atoms with E-state index in [1.54, 1.807) is 0 Å². The molecule has 0 bridgehead atoms. The molecule has 0 fully saturated rings. The molecular weight excluding hydrogens is 757 g/mol. The Kier molecular flexibility index (Phi) is 38.9. The zero-order valence-electron chi connectivity index (χ0n) is 36.1. The van der Waals surface area contributed by atoms with Gasteiger partial charge in [-0.15, -0.1) is 0 Å². The minimum Gasteiger partial charge on any atom is -0.480 e. The second kappa shape index (κ2) is 40.9. The number of nitrogens with two attached hydrogens (primary N) is 1. The lowest BCUT2D eigenvalue weighted by Gasteiger charge is -2.20. The van der Waals surface area contributed by atoms with Crippen molar-refractivity contribution in [2.45, 2.75) is 193 Å². The highest BCUT2D eigenvalue weighted by Crippen LogP contribution is 2.43.